The Labute approximate surface area is 764 Å². The molecular weight excluding hydrogens is 1760 g/mol. The maximum Gasteiger partial charge on any atom is 0.335 e. The molecule has 1 fully saturated rings. The molecule has 135 heavy (non-hydrogen) atoms. The SMILES string of the molecule is CC(C)=CCc1cc(/C=C\C(=O)O)cc(CC=C(C)C)c1O.COc1ccc(-c2oc3cc(O)c(OC)c(O)c3c(=O)c2O)cc1.COc1ccc(-c2oc3cc(O)cc(O)c3c(=O)c2O)cc1.COc1ccc(-c2oc3cc(O)cc(O)c3c(=O)c2OC)cc1.O=C(/C=C\c1ccc(O)c(O)c1)OC1CC(O)(C(=O)O)CC(O)C1O.O=c1cc(-c2ccccc2)oc2cc(O)cc(O)c12. The molecule has 0 bridgehead atoms. The monoisotopic (exact) mass is 1850 g/mol. The van der Waals surface area contributed by atoms with Crippen LogP contribution in [0, 0.1) is 0 Å². The minimum absolute atomic E-state index is 0.0221. The van der Waals surface area contributed by atoms with Gasteiger partial charge in [0.25, 0.3) is 0 Å². The van der Waals surface area contributed by atoms with Crippen molar-refractivity contribution in [3.63, 3.8) is 0 Å². The number of carbonyl (C=O) groups is 3. The molecule has 4 unspecified atom stereocenters. The van der Waals surface area contributed by atoms with E-state index in [0.29, 0.717) is 63.9 Å². The highest BCUT2D eigenvalue weighted by Gasteiger charge is 2.50. The third kappa shape index (κ3) is 24.2. The summed E-state index contributed by atoms with van der Waals surface area (Å²) < 4.78 is 52.4. The summed E-state index contributed by atoms with van der Waals surface area (Å²) in [7, 11) is 7.17. The summed E-state index contributed by atoms with van der Waals surface area (Å²) in [5, 5.41) is 174. The summed E-state index contributed by atoms with van der Waals surface area (Å²) in [5.74, 6) is -5.88. The van der Waals surface area contributed by atoms with Gasteiger partial charge in [-0.1, -0.05) is 59.7 Å². The fraction of sp³-hybridized carbons (Fsp3) is 0.170. The number of allylic oxidation sites excluding steroid dienone is 4. The summed E-state index contributed by atoms with van der Waals surface area (Å²) in [4.78, 5) is 82.8. The van der Waals surface area contributed by atoms with E-state index < -0.39 is 99.7 Å². The minimum atomic E-state index is -2.31. The van der Waals surface area contributed by atoms with Gasteiger partial charge in [0.1, 0.15) is 119 Å². The van der Waals surface area contributed by atoms with E-state index in [-0.39, 0.29) is 118 Å². The summed E-state index contributed by atoms with van der Waals surface area (Å²) >= 11 is 0. The normalized spacial score (nSPS) is 14.2. The fourth-order valence-electron chi connectivity index (χ4n) is 13.6. The number of hydrogen-bond donors (Lipinski definition) is 18. The Morgan fingerprint density at radius 3 is 1.29 bits per heavy atom. The van der Waals surface area contributed by atoms with E-state index in [1.807, 2.05) is 82.3 Å². The van der Waals surface area contributed by atoms with Gasteiger partial charge in [-0.2, -0.15) is 0 Å². The van der Waals surface area contributed by atoms with E-state index in [1.165, 1.54) is 88.1 Å². The van der Waals surface area contributed by atoms with Gasteiger partial charge in [0.05, 0.1) is 41.7 Å². The lowest BCUT2D eigenvalue weighted by molar-refractivity contribution is -0.196. The van der Waals surface area contributed by atoms with Crippen LogP contribution in [-0.4, -0.2) is 169 Å². The van der Waals surface area contributed by atoms with E-state index in [2.05, 4.69) is 0 Å². The number of ether oxygens (including phenoxy) is 6. The summed E-state index contributed by atoms with van der Waals surface area (Å²) in [6.45, 7) is 8.04. The number of phenols is 11. The van der Waals surface area contributed by atoms with Crippen LogP contribution in [0.15, 0.2) is 254 Å². The molecule has 10 aromatic carbocycles. The molecule has 702 valence electrons. The van der Waals surface area contributed by atoms with Crippen LogP contribution in [0.3, 0.4) is 0 Å². The van der Waals surface area contributed by atoms with Gasteiger partial charge in [-0.05, 0) is 172 Å². The van der Waals surface area contributed by atoms with Crippen LogP contribution in [0.5, 0.6) is 103 Å². The highest BCUT2D eigenvalue weighted by molar-refractivity contribution is 5.93. The Hall–Kier alpha value is -17.3. The first-order valence-electron chi connectivity index (χ1n) is 40.4. The van der Waals surface area contributed by atoms with Crippen molar-refractivity contribution in [3.8, 4) is 149 Å². The topological polar surface area (TPSA) is 592 Å². The van der Waals surface area contributed by atoms with E-state index in [9.17, 15) is 115 Å². The Kier molecular flexibility index (Phi) is 32.4. The number of carboxylic acid groups (broad SMARTS) is 2. The van der Waals surface area contributed by atoms with E-state index in [1.54, 1.807) is 86.0 Å². The number of carbonyl (C=O) groups excluding carboxylic acids is 1. The first kappa shape index (κ1) is 99.8. The average Bonchev–Trinajstić information content (AvgIpc) is 0.751. The van der Waals surface area contributed by atoms with Crippen LogP contribution in [0.25, 0.3) is 101 Å². The largest absolute Gasteiger partial charge is 0.508 e. The Balaban J connectivity index is 0.000000168. The molecule has 15 rings (SSSR count). The smallest absolute Gasteiger partial charge is 0.335 e. The zero-order chi connectivity index (χ0) is 98.7. The number of carboxylic acids is 2. The van der Waals surface area contributed by atoms with Crippen molar-refractivity contribution in [1.82, 2.24) is 0 Å². The van der Waals surface area contributed by atoms with Gasteiger partial charge in [-0.3, -0.25) is 19.2 Å². The lowest BCUT2D eigenvalue weighted by atomic mass is 9.79. The van der Waals surface area contributed by atoms with Crippen LogP contribution in [-0.2, 0) is 32.0 Å². The number of aromatic hydroxyl groups is 13. The van der Waals surface area contributed by atoms with Crippen molar-refractivity contribution in [2.24, 2.45) is 0 Å². The second-order valence-corrected chi connectivity index (χ2v) is 30.4. The number of esters is 1. The molecule has 0 amide bonds. The van der Waals surface area contributed by atoms with Gasteiger partial charge in [-0.25, -0.2) is 14.4 Å². The number of aliphatic hydroxyl groups excluding tert-OH is 2. The number of hydrogen-bond acceptors (Lipinski definition) is 33. The fourth-order valence-corrected chi connectivity index (χ4v) is 13.6. The molecule has 35 heteroatoms. The van der Waals surface area contributed by atoms with Crippen LogP contribution in [0.1, 0.15) is 62.8 Å². The van der Waals surface area contributed by atoms with Gasteiger partial charge < -0.3 is 138 Å². The Morgan fingerprint density at radius 1 is 0.400 bits per heavy atom. The number of aliphatic hydroxyl groups is 3. The van der Waals surface area contributed by atoms with Crippen molar-refractivity contribution >= 4 is 73.9 Å². The molecule has 4 atom stereocenters. The number of methoxy groups -OCH3 is 5. The molecule has 18 N–H and O–H groups in total. The van der Waals surface area contributed by atoms with Crippen LogP contribution in [0.2, 0.25) is 0 Å². The second kappa shape index (κ2) is 43.9. The first-order chi connectivity index (χ1) is 64.1. The summed E-state index contributed by atoms with van der Waals surface area (Å²) in [5.41, 5.74) is 2.72. The van der Waals surface area contributed by atoms with Crippen molar-refractivity contribution in [2.75, 3.05) is 35.5 Å². The molecular formula is C100H92O35. The molecule has 1 aliphatic rings. The van der Waals surface area contributed by atoms with E-state index in [0.717, 1.165) is 58.7 Å². The molecule has 0 aliphatic heterocycles. The molecule has 1 aliphatic carbocycles. The van der Waals surface area contributed by atoms with Gasteiger partial charge in [0, 0.05) is 95.8 Å². The Bertz CT molecular complexity index is 7080. The third-order valence-electron chi connectivity index (χ3n) is 20.3. The summed E-state index contributed by atoms with van der Waals surface area (Å²) in [6, 6.07) is 46.0. The second-order valence-electron chi connectivity index (χ2n) is 30.4. The number of rotatable bonds is 19. The number of phenolic OH excluding ortho intramolecular Hbond substituents is 11. The predicted molar refractivity (Wildman–Crippen MR) is 495 cm³/mol. The number of benzene rings is 10. The quantitative estimate of drug-likeness (QED) is 0.0155. The maximum absolute atomic E-state index is 12.6. The molecule has 0 radical (unpaired) electrons. The first-order valence-corrected chi connectivity index (χ1v) is 40.4. The van der Waals surface area contributed by atoms with Crippen LogP contribution < -0.4 is 45.4 Å². The lowest BCUT2D eigenvalue weighted by Gasteiger charge is -2.39. The van der Waals surface area contributed by atoms with Crippen molar-refractivity contribution in [2.45, 2.75) is 77.3 Å². The standard InChI is InChI=1S/C19H24O3.C17H14O7.C17H14O6.C16H18O9.C16H12O6.C15H10O4/c1-13(2)5-8-16-11-15(7-10-18(20)21)12-17(19(16)22)9-6-14(3)4;1-22-9-5-3-8(4-6-9)16-15(21)13(19)12-11(24-16)7-10(18)17(23-2)14(12)20;1-21-11-5-3-9(4-6-11)16-17(22-2)15(20)14-12(19)7-10(18)8-13(14)23-16;17-9-3-1-8(5-10(9)18)2-4-13(20)25-12-7-16(24,15(22)23)6-11(19)14(12)21;1-21-10-4-2-8(3-5-10)16-15(20)14(19)13-11(18)6-9(17)7-12(13)22-16;16-10-6-11(17)15-12(18)8-13(19-14(15)7-10)9-4-2-1-3-5-9/h5-7,10-12,22H,8-9H2,1-4H3,(H,20,21);3-7,18,20-21H,1-2H3;3-8,18-19H,1-2H3;1-5,11-12,14,17-19,21,24H,6-7H2,(H,22,23);2-7,17-18,20H,1H3;1-8,16-17H/b10-7-;;;4-2-;;. The predicted octanol–water partition coefficient (Wildman–Crippen LogP) is 14.8. The highest BCUT2D eigenvalue weighted by Crippen LogP contribution is 2.45. The number of aliphatic carboxylic acids is 2. The molecule has 0 spiro atoms. The third-order valence-corrected chi connectivity index (χ3v) is 20.3. The van der Waals surface area contributed by atoms with Gasteiger partial charge in [-0.15, -0.1) is 0 Å². The average molecular weight is 1850 g/mol. The Morgan fingerprint density at radius 2 is 0.837 bits per heavy atom. The van der Waals surface area contributed by atoms with E-state index in [4.69, 9.17) is 56.3 Å². The molecule has 1 saturated carbocycles. The van der Waals surface area contributed by atoms with Crippen molar-refractivity contribution < 1.29 is 152 Å². The van der Waals surface area contributed by atoms with Crippen molar-refractivity contribution in [3.05, 3.63) is 281 Å². The maximum atomic E-state index is 12.6. The number of fused-ring (bicyclic) bond motifs is 4. The molecule has 35 nitrogen and oxygen atoms in total. The van der Waals surface area contributed by atoms with Crippen LogP contribution >= 0.6 is 0 Å². The van der Waals surface area contributed by atoms with Gasteiger partial charge in [0.15, 0.2) is 51.3 Å². The van der Waals surface area contributed by atoms with Gasteiger partial charge in [0.2, 0.25) is 39.3 Å². The van der Waals surface area contributed by atoms with Crippen LogP contribution in [0.4, 0.5) is 0 Å². The molecule has 4 aromatic heterocycles. The minimum Gasteiger partial charge on any atom is -0.508 e. The molecule has 4 heterocycles. The van der Waals surface area contributed by atoms with Gasteiger partial charge >= 0.3 is 17.9 Å². The molecule has 0 saturated heterocycles. The highest BCUT2D eigenvalue weighted by atomic mass is 16.6. The van der Waals surface area contributed by atoms with E-state index >= 15 is 0 Å². The lowest BCUT2D eigenvalue weighted by Crippen LogP contribution is -2.57. The zero-order valence-corrected chi connectivity index (χ0v) is 73.3. The van der Waals surface area contributed by atoms with Crippen molar-refractivity contribution in [1.29, 1.82) is 0 Å². The zero-order valence-electron chi connectivity index (χ0n) is 73.3. The summed E-state index contributed by atoms with van der Waals surface area (Å²) in [6.07, 6.45) is 4.58. The molecule has 14 aromatic rings.